The zero-order chi connectivity index (χ0) is 14.9. The molecule has 0 amide bonds. The molecule has 0 atom stereocenters. The van der Waals surface area contributed by atoms with Gasteiger partial charge in [-0.05, 0) is 37.6 Å². The average molecular weight is 273 g/mol. The third-order valence-electron chi connectivity index (χ3n) is 3.27. The Kier molecular flexibility index (Phi) is 3.74. The van der Waals surface area contributed by atoms with Crippen LogP contribution in [0.25, 0.3) is 0 Å². The number of benzene rings is 2. The normalized spacial score (nSPS) is 10.4. The van der Waals surface area contributed by atoms with Gasteiger partial charge in [-0.2, -0.15) is 0 Å². The number of carboxylic acids is 1. The van der Waals surface area contributed by atoms with Gasteiger partial charge in [-0.3, -0.25) is 0 Å². The summed E-state index contributed by atoms with van der Waals surface area (Å²) in [5, 5.41) is 9.21. The van der Waals surface area contributed by atoms with Gasteiger partial charge in [-0.25, -0.2) is 9.18 Å². The molecule has 2 aromatic rings. The first-order valence-corrected chi connectivity index (χ1v) is 6.24. The average Bonchev–Trinajstić information content (AvgIpc) is 2.37. The van der Waals surface area contributed by atoms with Crippen LogP contribution in [0.3, 0.4) is 0 Å². The number of halogens is 1. The SMILES string of the molecule is Cc1ccc(N(C)c2c(F)cccc2C(=O)O)c(C)c1. The number of hydrogen-bond donors (Lipinski definition) is 1. The summed E-state index contributed by atoms with van der Waals surface area (Å²) in [6.45, 7) is 3.89. The number of carbonyl (C=O) groups is 1. The number of aromatic carboxylic acids is 1. The van der Waals surface area contributed by atoms with Crippen molar-refractivity contribution in [1.29, 1.82) is 0 Å². The maximum atomic E-state index is 14.1. The Balaban J connectivity index is 2.58. The summed E-state index contributed by atoms with van der Waals surface area (Å²) in [5.74, 6) is -1.69. The Morgan fingerprint density at radius 1 is 1.20 bits per heavy atom. The van der Waals surface area contributed by atoms with Crippen LogP contribution in [-0.4, -0.2) is 18.1 Å². The molecule has 0 aliphatic rings. The molecule has 0 aliphatic heterocycles. The molecule has 0 saturated heterocycles. The van der Waals surface area contributed by atoms with E-state index in [4.69, 9.17) is 0 Å². The van der Waals surface area contributed by atoms with Crippen LogP contribution in [0, 0.1) is 19.7 Å². The fourth-order valence-electron chi connectivity index (χ4n) is 2.33. The number of nitrogens with zero attached hydrogens (tertiary/aromatic N) is 1. The van der Waals surface area contributed by atoms with E-state index in [1.165, 1.54) is 18.2 Å². The molecule has 0 fully saturated rings. The van der Waals surface area contributed by atoms with Gasteiger partial charge in [0.1, 0.15) is 5.82 Å². The van der Waals surface area contributed by atoms with Gasteiger partial charge >= 0.3 is 5.97 Å². The van der Waals surface area contributed by atoms with E-state index in [-0.39, 0.29) is 11.3 Å². The summed E-state index contributed by atoms with van der Waals surface area (Å²) in [5.41, 5.74) is 2.88. The fourth-order valence-corrected chi connectivity index (χ4v) is 2.33. The molecular formula is C16H16FNO2. The zero-order valence-electron chi connectivity index (χ0n) is 11.6. The first-order valence-electron chi connectivity index (χ1n) is 6.24. The molecule has 2 rings (SSSR count). The van der Waals surface area contributed by atoms with Crippen LogP contribution >= 0.6 is 0 Å². The molecule has 0 spiro atoms. The summed E-state index contributed by atoms with van der Waals surface area (Å²) in [6, 6.07) is 9.83. The van der Waals surface area contributed by atoms with Gasteiger partial charge < -0.3 is 10.0 Å². The predicted octanol–water partition coefficient (Wildman–Crippen LogP) is 3.91. The van der Waals surface area contributed by atoms with Crippen LogP contribution in [0.4, 0.5) is 15.8 Å². The van der Waals surface area contributed by atoms with Gasteiger partial charge in [0.15, 0.2) is 0 Å². The zero-order valence-corrected chi connectivity index (χ0v) is 11.6. The minimum absolute atomic E-state index is 0.0486. The Bertz CT molecular complexity index is 668. The number of rotatable bonds is 3. The topological polar surface area (TPSA) is 40.5 Å². The van der Waals surface area contributed by atoms with Crippen LogP contribution in [0.1, 0.15) is 21.5 Å². The lowest BCUT2D eigenvalue weighted by molar-refractivity contribution is 0.0697. The van der Waals surface area contributed by atoms with Crippen molar-refractivity contribution < 1.29 is 14.3 Å². The standard InChI is InChI=1S/C16H16FNO2/c1-10-7-8-14(11(2)9-10)18(3)15-12(16(19)20)5-4-6-13(15)17/h4-9H,1-3H3,(H,19,20). The van der Waals surface area contributed by atoms with Crippen molar-refractivity contribution in [3.63, 3.8) is 0 Å². The van der Waals surface area contributed by atoms with Crippen LogP contribution < -0.4 is 4.90 Å². The van der Waals surface area contributed by atoms with E-state index in [1.54, 1.807) is 11.9 Å². The number of para-hydroxylation sites is 1. The molecule has 20 heavy (non-hydrogen) atoms. The lowest BCUT2D eigenvalue weighted by Crippen LogP contribution is -2.16. The van der Waals surface area contributed by atoms with E-state index in [9.17, 15) is 14.3 Å². The van der Waals surface area contributed by atoms with Gasteiger partial charge in [0.25, 0.3) is 0 Å². The second-order valence-corrected chi connectivity index (χ2v) is 4.79. The molecule has 0 bridgehead atoms. The highest BCUT2D eigenvalue weighted by atomic mass is 19.1. The Morgan fingerprint density at radius 2 is 1.90 bits per heavy atom. The second kappa shape index (κ2) is 5.33. The van der Waals surface area contributed by atoms with Crippen LogP contribution in [0.2, 0.25) is 0 Å². The smallest absolute Gasteiger partial charge is 0.337 e. The molecule has 2 aromatic carbocycles. The molecule has 0 aliphatic carbocycles. The maximum absolute atomic E-state index is 14.1. The second-order valence-electron chi connectivity index (χ2n) is 4.79. The molecular weight excluding hydrogens is 257 g/mol. The molecule has 0 unspecified atom stereocenters. The van der Waals surface area contributed by atoms with Crippen molar-refractivity contribution in [2.24, 2.45) is 0 Å². The summed E-state index contributed by atoms with van der Waals surface area (Å²) in [7, 11) is 1.67. The van der Waals surface area contributed by atoms with Crippen molar-refractivity contribution in [3.8, 4) is 0 Å². The first kappa shape index (κ1) is 14.1. The summed E-state index contributed by atoms with van der Waals surface area (Å²) < 4.78 is 14.1. The summed E-state index contributed by atoms with van der Waals surface area (Å²) in [4.78, 5) is 12.8. The Labute approximate surface area is 117 Å². The van der Waals surface area contributed by atoms with Crippen LogP contribution in [0.15, 0.2) is 36.4 Å². The van der Waals surface area contributed by atoms with E-state index < -0.39 is 11.8 Å². The van der Waals surface area contributed by atoms with Crippen molar-refractivity contribution in [3.05, 3.63) is 58.9 Å². The van der Waals surface area contributed by atoms with E-state index >= 15 is 0 Å². The highest BCUT2D eigenvalue weighted by Crippen LogP contribution is 2.32. The fraction of sp³-hybridized carbons (Fsp3) is 0.188. The van der Waals surface area contributed by atoms with Crippen LogP contribution in [-0.2, 0) is 0 Å². The van der Waals surface area contributed by atoms with Gasteiger partial charge in [0.2, 0.25) is 0 Å². The minimum Gasteiger partial charge on any atom is -0.478 e. The predicted molar refractivity (Wildman–Crippen MR) is 77.3 cm³/mol. The summed E-state index contributed by atoms with van der Waals surface area (Å²) >= 11 is 0. The van der Waals surface area contributed by atoms with Crippen molar-refractivity contribution in [2.45, 2.75) is 13.8 Å². The molecule has 1 N–H and O–H groups in total. The third-order valence-corrected chi connectivity index (χ3v) is 3.27. The largest absolute Gasteiger partial charge is 0.478 e. The van der Waals surface area contributed by atoms with Gasteiger partial charge in [-0.15, -0.1) is 0 Å². The third kappa shape index (κ3) is 2.50. The highest BCUT2D eigenvalue weighted by Gasteiger charge is 2.19. The van der Waals surface area contributed by atoms with Crippen LogP contribution in [0.5, 0.6) is 0 Å². The molecule has 4 heteroatoms. The quantitative estimate of drug-likeness (QED) is 0.921. The van der Waals surface area contributed by atoms with Crippen molar-refractivity contribution in [1.82, 2.24) is 0 Å². The lowest BCUT2D eigenvalue weighted by atomic mass is 10.1. The van der Waals surface area contributed by atoms with E-state index in [2.05, 4.69) is 0 Å². The van der Waals surface area contributed by atoms with E-state index in [0.717, 1.165) is 16.8 Å². The maximum Gasteiger partial charge on any atom is 0.337 e. The first-order chi connectivity index (χ1) is 9.41. The monoisotopic (exact) mass is 273 g/mol. The van der Waals surface area contributed by atoms with Crippen molar-refractivity contribution in [2.75, 3.05) is 11.9 Å². The lowest BCUT2D eigenvalue weighted by Gasteiger charge is -2.24. The number of carboxylic acid groups (broad SMARTS) is 1. The van der Waals surface area contributed by atoms with E-state index in [1.807, 2.05) is 32.0 Å². The number of aryl methyl sites for hydroxylation is 2. The molecule has 0 saturated carbocycles. The Morgan fingerprint density at radius 3 is 2.50 bits per heavy atom. The Hall–Kier alpha value is -2.36. The van der Waals surface area contributed by atoms with Gasteiger partial charge in [0, 0.05) is 12.7 Å². The van der Waals surface area contributed by atoms with E-state index in [0.29, 0.717) is 0 Å². The van der Waals surface area contributed by atoms with Crippen molar-refractivity contribution >= 4 is 17.3 Å². The molecule has 0 aromatic heterocycles. The summed E-state index contributed by atoms with van der Waals surface area (Å²) in [6.07, 6.45) is 0. The molecule has 0 radical (unpaired) electrons. The highest BCUT2D eigenvalue weighted by molar-refractivity contribution is 5.95. The molecule has 104 valence electrons. The van der Waals surface area contributed by atoms with Gasteiger partial charge in [-0.1, -0.05) is 23.8 Å². The molecule has 0 heterocycles. The number of hydrogen-bond acceptors (Lipinski definition) is 2. The number of anilines is 2. The minimum atomic E-state index is -1.14. The molecule has 3 nitrogen and oxygen atoms in total. The van der Waals surface area contributed by atoms with Gasteiger partial charge in [0.05, 0.1) is 11.3 Å².